The summed E-state index contributed by atoms with van der Waals surface area (Å²) in [5.41, 5.74) is 1.27. The Bertz CT molecular complexity index is 677. The van der Waals surface area contributed by atoms with E-state index in [0.717, 1.165) is 32.3 Å². The van der Waals surface area contributed by atoms with E-state index in [-0.39, 0.29) is 0 Å². The minimum absolute atomic E-state index is 0.747. The normalized spacial score (nSPS) is 12.3. The van der Waals surface area contributed by atoms with E-state index in [1.165, 1.54) is 121 Å². The smallest absolute Gasteiger partial charge is 0.417 e. The second-order valence-electron chi connectivity index (χ2n) is 12.3. The zero-order valence-corrected chi connectivity index (χ0v) is 29.7. The molecule has 0 saturated carbocycles. The summed E-state index contributed by atoms with van der Waals surface area (Å²) < 4.78 is 28.7. The molecule has 1 aromatic rings. The van der Waals surface area contributed by atoms with Crippen molar-refractivity contribution in [3.05, 3.63) is 35.9 Å². The van der Waals surface area contributed by atoms with Gasteiger partial charge in [0.15, 0.2) is 8.32 Å². The molecule has 0 saturated heterocycles. The van der Waals surface area contributed by atoms with Crippen molar-refractivity contribution in [2.75, 3.05) is 34.5 Å². The van der Waals surface area contributed by atoms with Gasteiger partial charge in [-0.25, -0.2) is 0 Å². The van der Waals surface area contributed by atoms with Crippen molar-refractivity contribution < 1.29 is 22.4 Å². The van der Waals surface area contributed by atoms with E-state index < -0.39 is 17.1 Å². The third-order valence-corrected chi connectivity index (χ3v) is 13.6. The lowest BCUT2D eigenvalue weighted by atomic mass is 10.1. The zero-order valence-electron chi connectivity index (χ0n) is 27.7. The molecule has 0 atom stereocenters. The Kier molecular flexibility index (Phi) is 24.3. The molecule has 0 aliphatic rings. The van der Waals surface area contributed by atoms with Crippen LogP contribution >= 0.6 is 0 Å². The minimum Gasteiger partial charge on any atom is -0.417 e. The predicted octanol–water partition coefficient (Wildman–Crippen LogP) is 10.3. The maximum Gasteiger partial charge on any atom is 0.500 e. The van der Waals surface area contributed by atoms with Crippen LogP contribution in [0.3, 0.4) is 0 Å². The average molecular weight is 611 g/mol. The molecular formula is C34H66O5Si2. The highest BCUT2D eigenvalue weighted by molar-refractivity contribution is 6.71. The highest BCUT2D eigenvalue weighted by Crippen LogP contribution is 2.20. The second-order valence-corrected chi connectivity index (χ2v) is 19.7. The fraction of sp³-hybridized carbons (Fsp3) is 0.824. The summed E-state index contributed by atoms with van der Waals surface area (Å²) in [5.74, 6) is 0. The van der Waals surface area contributed by atoms with E-state index in [4.69, 9.17) is 22.4 Å². The van der Waals surface area contributed by atoms with Gasteiger partial charge in [0.05, 0.1) is 6.61 Å². The van der Waals surface area contributed by atoms with Crippen molar-refractivity contribution in [2.45, 2.75) is 147 Å². The number of unbranched alkanes of at least 4 members (excludes halogenated alkanes) is 16. The topological polar surface area (TPSA) is 46.2 Å². The first-order valence-corrected chi connectivity index (χ1v) is 21.9. The van der Waals surface area contributed by atoms with Crippen LogP contribution in [0, 0.1) is 0 Å². The molecule has 1 aromatic carbocycles. The van der Waals surface area contributed by atoms with Crippen LogP contribution in [-0.4, -0.2) is 51.7 Å². The Morgan fingerprint density at radius 1 is 0.488 bits per heavy atom. The molecule has 0 aliphatic carbocycles. The molecule has 0 spiro atoms. The van der Waals surface area contributed by atoms with E-state index in [1.807, 2.05) is 0 Å². The molecule has 7 heteroatoms. The van der Waals surface area contributed by atoms with Gasteiger partial charge in [0.2, 0.25) is 0 Å². The standard InChI is InChI=1S/C34H66O5Si2/c1-35-41(36-2,37-3)32-26-19-15-11-7-9-13-17-24-30-39-40(4,5)31-25-18-14-10-6-8-12-16-23-29-38-33-34-27-21-20-22-28-34/h20-22,27-28H,6-19,23-26,29-33H2,1-5H3. The van der Waals surface area contributed by atoms with Gasteiger partial charge in [0.25, 0.3) is 0 Å². The van der Waals surface area contributed by atoms with Crippen LogP contribution in [0.25, 0.3) is 0 Å². The van der Waals surface area contributed by atoms with E-state index in [9.17, 15) is 0 Å². The van der Waals surface area contributed by atoms with E-state index in [2.05, 4.69) is 43.4 Å². The number of benzene rings is 1. The summed E-state index contributed by atoms with van der Waals surface area (Å²) in [6.45, 7) is 7.43. The molecule has 0 aliphatic heterocycles. The minimum atomic E-state index is -2.37. The molecule has 1 rings (SSSR count). The summed E-state index contributed by atoms with van der Waals surface area (Å²) in [4.78, 5) is 0. The summed E-state index contributed by atoms with van der Waals surface area (Å²) in [7, 11) is 1.26. The van der Waals surface area contributed by atoms with Crippen LogP contribution in [0.1, 0.15) is 121 Å². The molecule has 0 fully saturated rings. The SMILES string of the molecule is CO[Si](CCCCCCCCCCCO[Si](C)(C)CCCCCCCCCCCOCc1ccccc1)(OC)OC. The van der Waals surface area contributed by atoms with Gasteiger partial charge in [0, 0.05) is 40.6 Å². The molecule has 0 heterocycles. The molecule has 0 amide bonds. The second kappa shape index (κ2) is 25.9. The molecule has 5 nitrogen and oxygen atoms in total. The molecule has 0 bridgehead atoms. The third kappa shape index (κ3) is 21.7. The van der Waals surface area contributed by atoms with Crippen LogP contribution in [-0.2, 0) is 29.0 Å². The van der Waals surface area contributed by atoms with Crippen molar-refractivity contribution in [3.8, 4) is 0 Å². The van der Waals surface area contributed by atoms with Crippen molar-refractivity contribution in [1.29, 1.82) is 0 Å². The van der Waals surface area contributed by atoms with Crippen LogP contribution in [0.5, 0.6) is 0 Å². The Morgan fingerprint density at radius 2 is 0.902 bits per heavy atom. The number of hydrogen-bond acceptors (Lipinski definition) is 5. The fourth-order valence-electron chi connectivity index (χ4n) is 5.41. The first-order chi connectivity index (χ1) is 20.0. The van der Waals surface area contributed by atoms with Gasteiger partial charge >= 0.3 is 8.80 Å². The van der Waals surface area contributed by atoms with Crippen molar-refractivity contribution in [2.24, 2.45) is 0 Å². The zero-order chi connectivity index (χ0) is 29.9. The molecule has 0 radical (unpaired) electrons. The largest absolute Gasteiger partial charge is 0.500 e. The van der Waals surface area contributed by atoms with E-state index >= 15 is 0 Å². The van der Waals surface area contributed by atoms with Gasteiger partial charge in [-0.1, -0.05) is 127 Å². The highest BCUT2D eigenvalue weighted by atomic mass is 28.4. The maximum atomic E-state index is 6.38. The Balaban J connectivity index is 1.81. The summed E-state index contributed by atoms with van der Waals surface area (Å²) in [5, 5.41) is 0. The quantitative estimate of drug-likeness (QED) is 0.0640. The molecule has 41 heavy (non-hydrogen) atoms. The monoisotopic (exact) mass is 610 g/mol. The van der Waals surface area contributed by atoms with Gasteiger partial charge in [-0.05, 0) is 44.0 Å². The average Bonchev–Trinajstić information content (AvgIpc) is 2.99. The first kappa shape index (κ1) is 38.5. The molecular weight excluding hydrogens is 545 g/mol. The predicted molar refractivity (Wildman–Crippen MR) is 179 cm³/mol. The Labute approximate surface area is 256 Å². The van der Waals surface area contributed by atoms with Crippen molar-refractivity contribution in [3.63, 3.8) is 0 Å². The number of ether oxygens (including phenoxy) is 1. The lowest BCUT2D eigenvalue weighted by molar-refractivity contribution is 0.116. The lowest BCUT2D eigenvalue weighted by Gasteiger charge is -2.24. The molecule has 0 unspecified atom stereocenters. The van der Waals surface area contributed by atoms with Crippen LogP contribution in [0.2, 0.25) is 25.2 Å². The van der Waals surface area contributed by atoms with Gasteiger partial charge in [0.1, 0.15) is 0 Å². The lowest BCUT2D eigenvalue weighted by Crippen LogP contribution is -2.42. The van der Waals surface area contributed by atoms with Crippen LogP contribution < -0.4 is 0 Å². The fourth-order valence-corrected chi connectivity index (χ4v) is 9.15. The molecule has 0 N–H and O–H groups in total. The number of hydrogen-bond donors (Lipinski definition) is 0. The third-order valence-electron chi connectivity index (χ3n) is 8.23. The van der Waals surface area contributed by atoms with E-state index in [1.54, 1.807) is 21.3 Å². The van der Waals surface area contributed by atoms with Crippen LogP contribution in [0.15, 0.2) is 30.3 Å². The van der Waals surface area contributed by atoms with Gasteiger partial charge in [-0.2, -0.15) is 0 Å². The Morgan fingerprint density at radius 3 is 1.39 bits per heavy atom. The highest BCUT2D eigenvalue weighted by Gasteiger charge is 2.36. The van der Waals surface area contributed by atoms with E-state index in [0.29, 0.717) is 0 Å². The summed E-state index contributed by atoms with van der Waals surface area (Å²) >= 11 is 0. The summed E-state index contributed by atoms with van der Waals surface area (Å²) in [6.07, 6.45) is 23.7. The van der Waals surface area contributed by atoms with Gasteiger partial charge in [-0.15, -0.1) is 0 Å². The van der Waals surface area contributed by atoms with Crippen LogP contribution in [0.4, 0.5) is 0 Å². The summed E-state index contributed by atoms with van der Waals surface area (Å²) in [6, 6.07) is 12.7. The first-order valence-electron chi connectivity index (χ1n) is 16.9. The van der Waals surface area contributed by atoms with Crippen molar-refractivity contribution >= 4 is 17.1 Å². The van der Waals surface area contributed by atoms with Gasteiger partial charge in [-0.3, -0.25) is 0 Å². The maximum absolute atomic E-state index is 6.38. The molecule has 0 aromatic heterocycles. The number of rotatable bonds is 30. The Hall–Kier alpha value is -0.546. The van der Waals surface area contributed by atoms with Crippen molar-refractivity contribution in [1.82, 2.24) is 0 Å². The van der Waals surface area contributed by atoms with Gasteiger partial charge < -0.3 is 22.4 Å². The molecule has 240 valence electrons.